The molecule has 25 heavy (non-hydrogen) atoms. The number of aromatic nitrogens is 1. The fourth-order valence-corrected chi connectivity index (χ4v) is 2.95. The lowest BCUT2D eigenvalue weighted by molar-refractivity contribution is -0.123. The summed E-state index contributed by atoms with van der Waals surface area (Å²) in [7, 11) is 0. The molecule has 1 atom stereocenters. The van der Waals surface area contributed by atoms with Gasteiger partial charge in [0, 0.05) is 17.9 Å². The minimum absolute atomic E-state index is 0.238. The molecule has 0 aliphatic rings. The first-order chi connectivity index (χ1) is 11.8. The predicted octanol–water partition coefficient (Wildman–Crippen LogP) is 4.62. The van der Waals surface area contributed by atoms with Crippen LogP contribution in [0.15, 0.2) is 24.3 Å². The number of nitrogens with one attached hydrogen (secondary N) is 1. The van der Waals surface area contributed by atoms with Crippen LogP contribution in [0.4, 0.5) is 5.69 Å². The molecule has 5 nitrogen and oxygen atoms in total. The van der Waals surface area contributed by atoms with Crippen LogP contribution in [0.3, 0.4) is 0 Å². The van der Waals surface area contributed by atoms with Crippen LogP contribution in [0.2, 0.25) is 10.0 Å². The van der Waals surface area contributed by atoms with Gasteiger partial charge in [-0.25, -0.2) is 4.79 Å². The Morgan fingerprint density at radius 3 is 2.56 bits per heavy atom. The predicted molar refractivity (Wildman–Crippen MR) is 99.5 cm³/mol. The molecular weight excluding hydrogens is 363 g/mol. The van der Waals surface area contributed by atoms with Crippen molar-refractivity contribution >= 4 is 40.8 Å². The first-order valence-electron chi connectivity index (χ1n) is 7.88. The summed E-state index contributed by atoms with van der Waals surface area (Å²) in [6.45, 7) is 8.03. The van der Waals surface area contributed by atoms with E-state index in [-0.39, 0.29) is 5.02 Å². The number of anilines is 1. The van der Waals surface area contributed by atoms with E-state index in [0.717, 1.165) is 17.9 Å². The van der Waals surface area contributed by atoms with Crippen LogP contribution in [-0.2, 0) is 16.1 Å². The van der Waals surface area contributed by atoms with Crippen LogP contribution in [-0.4, -0.2) is 22.5 Å². The third kappa shape index (κ3) is 4.17. The number of aryl methyl sites for hydroxylation is 1. The maximum absolute atomic E-state index is 12.4. The topological polar surface area (TPSA) is 60.3 Å². The zero-order valence-electron chi connectivity index (χ0n) is 14.5. The molecule has 7 heteroatoms. The average molecular weight is 383 g/mol. The first kappa shape index (κ1) is 19.3. The summed E-state index contributed by atoms with van der Waals surface area (Å²) in [5, 5.41) is 3.18. The van der Waals surface area contributed by atoms with Crippen molar-refractivity contribution in [1.82, 2.24) is 4.57 Å². The second-order valence-electron chi connectivity index (χ2n) is 5.67. The molecule has 1 N–H and O–H groups in total. The number of halogens is 2. The fraction of sp³-hybridized carbons (Fsp3) is 0.333. The number of carbonyl (C=O) groups is 2. The molecule has 0 bridgehead atoms. The highest BCUT2D eigenvalue weighted by atomic mass is 35.5. The molecule has 1 amide bonds. The quantitative estimate of drug-likeness (QED) is 0.767. The molecule has 0 radical (unpaired) electrons. The van der Waals surface area contributed by atoms with Gasteiger partial charge in [0.25, 0.3) is 5.91 Å². The Kier molecular flexibility index (Phi) is 6.14. The van der Waals surface area contributed by atoms with Crippen molar-refractivity contribution < 1.29 is 14.3 Å². The van der Waals surface area contributed by atoms with Gasteiger partial charge in [-0.3, -0.25) is 4.79 Å². The van der Waals surface area contributed by atoms with Gasteiger partial charge in [0.15, 0.2) is 6.10 Å². The Balaban J connectivity index is 2.08. The summed E-state index contributed by atoms with van der Waals surface area (Å²) in [6.07, 6.45) is -0.979. The Morgan fingerprint density at radius 2 is 1.96 bits per heavy atom. The van der Waals surface area contributed by atoms with Crippen molar-refractivity contribution in [3.05, 3.63) is 51.3 Å². The molecule has 0 spiro atoms. The highest BCUT2D eigenvalue weighted by Crippen LogP contribution is 2.29. The van der Waals surface area contributed by atoms with E-state index in [0.29, 0.717) is 16.3 Å². The standard InChI is InChI=1S/C18H20Cl2N2O3/c1-5-22-10(2)9-13(11(22)3)18(24)25-12(4)17(23)21-15-8-6-7-14(19)16(15)20/h6-9,12H,5H2,1-4H3,(H,21,23). The number of carbonyl (C=O) groups excluding carboxylic acids is 2. The number of ether oxygens (including phenoxy) is 1. The zero-order chi connectivity index (χ0) is 18.7. The van der Waals surface area contributed by atoms with Gasteiger partial charge >= 0.3 is 5.97 Å². The largest absolute Gasteiger partial charge is 0.449 e. The van der Waals surface area contributed by atoms with E-state index in [1.54, 1.807) is 24.3 Å². The molecule has 2 rings (SSSR count). The van der Waals surface area contributed by atoms with Gasteiger partial charge in [-0.2, -0.15) is 0 Å². The van der Waals surface area contributed by atoms with E-state index in [2.05, 4.69) is 5.32 Å². The van der Waals surface area contributed by atoms with Gasteiger partial charge in [0.2, 0.25) is 0 Å². The summed E-state index contributed by atoms with van der Waals surface area (Å²) >= 11 is 12.0. The van der Waals surface area contributed by atoms with E-state index in [1.165, 1.54) is 6.92 Å². The average Bonchev–Trinajstić information content (AvgIpc) is 2.85. The molecule has 134 valence electrons. The molecule has 0 saturated carbocycles. The number of hydrogen-bond donors (Lipinski definition) is 1. The summed E-state index contributed by atoms with van der Waals surface area (Å²) in [4.78, 5) is 24.6. The van der Waals surface area contributed by atoms with Crippen molar-refractivity contribution in [2.24, 2.45) is 0 Å². The van der Waals surface area contributed by atoms with Crippen molar-refractivity contribution in [1.29, 1.82) is 0 Å². The summed E-state index contributed by atoms with van der Waals surface area (Å²) in [6, 6.07) is 6.67. The van der Waals surface area contributed by atoms with Crippen LogP contribution in [0.1, 0.15) is 35.6 Å². The van der Waals surface area contributed by atoms with Crippen molar-refractivity contribution in [3.8, 4) is 0 Å². The number of benzene rings is 1. The van der Waals surface area contributed by atoms with Crippen molar-refractivity contribution in [3.63, 3.8) is 0 Å². The molecule has 1 aromatic carbocycles. The zero-order valence-corrected chi connectivity index (χ0v) is 16.0. The third-order valence-electron chi connectivity index (χ3n) is 3.97. The summed E-state index contributed by atoms with van der Waals surface area (Å²) in [5.41, 5.74) is 2.61. The van der Waals surface area contributed by atoms with Gasteiger partial charge in [0.1, 0.15) is 0 Å². The SMILES string of the molecule is CCn1c(C)cc(C(=O)OC(C)C(=O)Nc2cccc(Cl)c2Cl)c1C. The van der Waals surface area contributed by atoms with Crippen LogP contribution in [0.5, 0.6) is 0 Å². The van der Waals surface area contributed by atoms with Crippen LogP contribution >= 0.6 is 23.2 Å². The van der Waals surface area contributed by atoms with Crippen molar-refractivity contribution in [2.45, 2.75) is 40.3 Å². The fourth-order valence-electron chi connectivity index (χ4n) is 2.61. The van der Waals surface area contributed by atoms with E-state index in [1.807, 2.05) is 25.3 Å². The third-order valence-corrected chi connectivity index (χ3v) is 4.79. The highest BCUT2D eigenvalue weighted by molar-refractivity contribution is 6.44. The number of esters is 1. The molecule has 1 aromatic heterocycles. The number of nitrogens with zero attached hydrogens (tertiary/aromatic N) is 1. The van der Waals surface area contributed by atoms with Crippen LogP contribution < -0.4 is 5.32 Å². The Hall–Kier alpha value is -1.98. The lowest BCUT2D eigenvalue weighted by atomic mass is 10.2. The maximum atomic E-state index is 12.4. The normalized spacial score (nSPS) is 11.9. The summed E-state index contributed by atoms with van der Waals surface area (Å²) < 4.78 is 7.30. The minimum Gasteiger partial charge on any atom is -0.449 e. The smallest absolute Gasteiger partial charge is 0.340 e. The molecule has 0 saturated heterocycles. The van der Waals surface area contributed by atoms with Gasteiger partial charge in [-0.15, -0.1) is 0 Å². The van der Waals surface area contributed by atoms with Gasteiger partial charge in [0.05, 0.1) is 21.3 Å². The van der Waals surface area contributed by atoms with Gasteiger partial charge < -0.3 is 14.6 Å². The first-order valence-corrected chi connectivity index (χ1v) is 8.64. The van der Waals surface area contributed by atoms with Gasteiger partial charge in [-0.1, -0.05) is 29.3 Å². The molecule has 0 fully saturated rings. The molecule has 0 aliphatic carbocycles. The molecule has 0 aliphatic heterocycles. The number of amides is 1. The van der Waals surface area contributed by atoms with E-state index in [4.69, 9.17) is 27.9 Å². The lowest BCUT2D eigenvalue weighted by Gasteiger charge is -2.14. The van der Waals surface area contributed by atoms with Crippen LogP contribution in [0, 0.1) is 13.8 Å². The van der Waals surface area contributed by atoms with Crippen molar-refractivity contribution in [2.75, 3.05) is 5.32 Å². The minimum atomic E-state index is -0.979. The summed E-state index contributed by atoms with van der Waals surface area (Å²) in [5.74, 6) is -1.02. The van der Waals surface area contributed by atoms with E-state index in [9.17, 15) is 9.59 Å². The van der Waals surface area contributed by atoms with E-state index < -0.39 is 18.0 Å². The van der Waals surface area contributed by atoms with E-state index >= 15 is 0 Å². The molecule has 1 heterocycles. The lowest BCUT2D eigenvalue weighted by Crippen LogP contribution is -2.30. The Morgan fingerprint density at radius 1 is 1.28 bits per heavy atom. The Bertz CT molecular complexity index is 815. The number of hydrogen-bond acceptors (Lipinski definition) is 3. The second-order valence-corrected chi connectivity index (χ2v) is 6.45. The highest BCUT2D eigenvalue weighted by Gasteiger charge is 2.23. The Labute approximate surface area is 156 Å². The number of rotatable bonds is 5. The molecular formula is C18H20Cl2N2O3. The second kappa shape index (κ2) is 7.93. The van der Waals surface area contributed by atoms with Gasteiger partial charge in [-0.05, 0) is 45.9 Å². The maximum Gasteiger partial charge on any atom is 0.340 e. The molecule has 2 aromatic rings. The molecule has 1 unspecified atom stereocenters. The monoisotopic (exact) mass is 382 g/mol. The van der Waals surface area contributed by atoms with Crippen LogP contribution in [0.25, 0.3) is 0 Å².